The van der Waals surface area contributed by atoms with Gasteiger partial charge in [0.15, 0.2) is 0 Å². The van der Waals surface area contributed by atoms with Crippen LogP contribution in [0.15, 0.2) is 22.8 Å². The predicted molar refractivity (Wildman–Crippen MR) is 72.7 cm³/mol. The van der Waals surface area contributed by atoms with Crippen LogP contribution in [0.3, 0.4) is 0 Å². The minimum Gasteiger partial charge on any atom is -0.481 e. The molecular formula is C12H14BrN3O3. The molecule has 1 atom stereocenters. The molecule has 102 valence electrons. The number of aliphatic carboxylic acids is 1. The Morgan fingerprint density at radius 3 is 2.89 bits per heavy atom. The molecule has 0 radical (unpaired) electrons. The summed E-state index contributed by atoms with van der Waals surface area (Å²) in [6, 6.07) is 3.49. The molecule has 6 nitrogen and oxygen atoms in total. The second kappa shape index (κ2) is 6.12. The highest BCUT2D eigenvalue weighted by Crippen LogP contribution is 2.16. The Labute approximate surface area is 118 Å². The van der Waals surface area contributed by atoms with Crippen LogP contribution in [0.2, 0.25) is 0 Å². The molecule has 1 aromatic heterocycles. The second-order valence-electron chi connectivity index (χ2n) is 4.47. The Morgan fingerprint density at radius 2 is 2.32 bits per heavy atom. The highest BCUT2D eigenvalue weighted by Gasteiger charge is 2.28. The lowest BCUT2D eigenvalue weighted by atomic mass is 10.1. The highest BCUT2D eigenvalue weighted by molar-refractivity contribution is 9.10. The van der Waals surface area contributed by atoms with E-state index in [1.54, 1.807) is 18.3 Å². The molecule has 1 aliphatic heterocycles. The first kappa shape index (κ1) is 14.0. The Hall–Kier alpha value is -1.47. The number of nitrogens with zero attached hydrogens (tertiary/aromatic N) is 2. The second-order valence-corrected chi connectivity index (χ2v) is 5.38. The number of hydrogen-bond donors (Lipinski definition) is 2. The Kier molecular flexibility index (Phi) is 4.49. The summed E-state index contributed by atoms with van der Waals surface area (Å²) in [5, 5.41) is 11.6. The summed E-state index contributed by atoms with van der Waals surface area (Å²) in [5.41, 5.74) is 0. The van der Waals surface area contributed by atoms with Crippen LogP contribution in [0, 0.1) is 5.92 Å². The van der Waals surface area contributed by atoms with Gasteiger partial charge >= 0.3 is 5.97 Å². The van der Waals surface area contributed by atoms with E-state index >= 15 is 0 Å². The molecular weight excluding hydrogens is 314 g/mol. The number of halogens is 1. The Morgan fingerprint density at radius 1 is 1.53 bits per heavy atom. The van der Waals surface area contributed by atoms with E-state index in [4.69, 9.17) is 5.11 Å². The van der Waals surface area contributed by atoms with E-state index in [-0.39, 0.29) is 18.4 Å². The minimum atomic E-state index is -0.794. The topological polar surface area (TPSA) is 82.5 Å². The van der Waals surface area contributed by atoms with E-state index in [2.05, 4.69) is 26.2 Å². The van der Waals surface area contributed by atoms with Crippen molar-refractivity contribution in [2.24, 2.45) is 5.92 Å². The average molecular weight is 328 g/mol. The van der Waals surface area contributed by atoms with E-state index in [0.29, 0.717) is 25.3 Å². The molecule has 1 unspecified atom stereocenters. The number of aromatic nitrogens is 1. The van der Waals surface area contributed by atoms with E-state index in [0.717, 1.165) is 4.47 Å². The van der Waals surface area contributed by atoms with Crippen molar-refractivity contribution in [1.82, 2.24) is 9.88 Å². The number of carboxylic acids is 1. The van der Waals surface area contributed by atoms with Gasteiger partial charge in [-0.1, -0.05) is 0 Å². The van der Waals surface area contributed by atoms with Gasteiger partial charge in [-0.2, -0.15) is 0 Å². The predicted octanol–water partition coefficient (Wildman–Crippen LogP) is 1.19. The van der Waals surface area contributed by atoms with Crippen LogP contribution < -0.4 is 5.32 Å². The van der Waals surface area contributed by atoms with Crippen LogP contribution in [-0.4, -0.2) is 46.5 Å². The lowest BCUT2D eigenvalue weighted by Gasteiger charge is -2.14. The van der Waals surface area contributed by atoms with Gasteiger partial charge in [0.2, 0.25) is 5.91 Å². The summed E-state index contributed by atoms with van der Waals surface area (Å²) in [6.45, 7) is 1.26. The average Bonchev–Trinajstić information content (AvgIpc) is 2.80. The molecule has 1 fully saturated rings. The molecule has 2 rings (SSSR count). The van der Waals surface area contributed by atoms with E-state index in [9.17, 15) is 9.59 Å². The summed E-state index contributed by atoms with van der Waals surface area (Å²) in [4.78, 5) is 28.5. The number of rotatable bonds is 4. The number of likely N-dealkylation sites (tertiary alicyclic amines) is 1. The number of anilines is 1. The highest BCUT2D eigenvalue weighted by atomic mass is 79.9. The maximum Gasteiger partial charge on any atom is 0.307 e. The van der Waals surface area contributed by atoms with Gasteiger partial charge in [0.1, 0.15) is 5.82 Å². The molecule has 0 bridgehead atoms. The summed E-state index contributed by atoms with van der Waals surface area (Å²) >= 11 is 3.26. The molecule has 1 aromatic rings. The van der Waals surface area contributed by atoms with Gasteiger partial charge < -0.3 is 10.4 Å². The maximum absolute atomic E-state index is 11.8. The van der Waals surface area contributed by atoms with Crippen molar-refractivity contribution in [3.8, 4) is 0 Å². The third-order valence-corrected chi connectivity index (χ3v) is 3.45. The van der Waals surface area contributed by atoms with Crippen molar-refractivity contribution in [1.29, 1.82) is 0 Å². The quantitative estimate of drug-likeness (QED) is 0.868. The monoisotopic (exact) mass is 327 g/mol. The Bertz CT molecular complexity index is 478. The van der Waals surface area contributed by atoms with Crippen LogP contribution in [0.1, 0.15) is 6.42 Å². The van der Waals surface area contributed by atoms with Crippen molar-refractivity contribution in [3.05, 3.63) is 22.8 Å². The molecule has 0 aromatic carbocycles. The molecule has 7 heteroatoms. The van der Waals surface area contributed by atoms with Crippen LogP contribution in [-0.2, 0) is 9.59 Å². The molecule has 0 saturated carbocycles. The van der Waals surface area contributed by atoms with Crippen molar-refractivity contribution in [2.75, 3.05) is 25.0 Å². The first-order valence-electron chi connectivity index (χ1n) is 5.91. The fraction of sp³-hybridized carbons (Fsp3) is 0.417. The summed E-state index contributed by atoms with van der Waals surface area (Å²) < 4.78 is 0.842. The van der Waals surface area contributed by atoms with Crippen LogP contribution in [0.25, 0.3) is 0 Å². The largest absolute Gasteiger partial charge is 0.481 e. The Balaban J connectivity index is 1.82. The van der Waals surface area contributed by atoms with Gasteiger partial charge in [-0.3, -0.25) is 14.5 Å². The third-order valence-electron chi connectivity index (χ3n) is 2.98. The number of hydrogen-bond acceptors (Lipinski definition) is 4. The number of carbonyl (C=O) groups excluding carboxylic acids is 1. The summed E-state index contributed by atoms with van der Waals surface area (Å²) in [7, 11) is 0. The number of carboxylic acid groups (broad SMARTS) is 1. The van der Waals surface area contributed by atoms with Gasteiger partial charge in [-0.25, -0.2) is 4.98 Å². The summed E-state index contributed by atoms with van der Waals surface area (Å²) in [5.74, 6) is -0.848. The molecule has 19 heavy (non-hydrogen) atoms. The minimum absolute atomic E-state index is 0.180. The summed E-state index contributed by atoms with van der Waals surface area (Å²) in [6.07, 6.45) is 2.20. The third kappa shape index (κ3) is 4.00. The maximum atomic E-state index is 11.8. The molecule has 1 aliphatic rings. The zero-order valence-corrected chi connectivity index (χ0v) is 11.8. The fourth-order valence-corrected chi connectivity index (χ4v) is 2.25. The van der Waals surface area contributed by atoms with Gasteiger partial charge in [0.25, 0.3) is 0 Å². The normalized spacial score (nSPS) is 19.3. The van der Waals surface area contributed by atoms with Gasteiger partial charge in [-0.05, 0) is 41.0 Å². The van der Waals surface area contributed by atoms with Crippen molar-refractivity contribution >= 4 is 33.6 Å². The van der Waals surface area contributed by atoms with E-state index in [1.165, 1.54) is 0 Å². The van der Waals surface area contributed by atoms with Gasteiger partial charge in [-0.15, -0.1) is 0 Å². The van der Waals surface area contributed by atoms with Crippen molar-refractivity contribution in [3.63, 3.8) is 0 Å². The van der Waals surface area contributed by atoms with Crippen LogP contribution in [0.5, 0.6) is 0 Å². The van der Waals surface area contributed by atoms with Crippen molar-refractivity contribution in [2.45, 2.75) is 6.42 Å². The number of pyridine rings is 1. The van der Waals surface area contributed by atoms with E-state index in [1.807, 2.05) is 4.90 Å². The molecule has 1 saturated heterocycles. The standard InChI is InChI=1S/C12H14BrN3O3/c13-9-1-2-10(14-5-9)15-11(17)7-16-4-3-8(6-16)12(18)19/h1-2,5,8H,3-4,6-7H2,(H,18,19)(H,14,15,17). The molecule has 0 spiro atoms. The molecule has 1 amide bonds. The number of nitrogens with one attached hydrogen (secondary N) is 1. The zero-order valence-electron chi connectivity index (χ0n) is 10.2. The van der Waals surface area contributed by atoms with Gasteiger partial charge in [0.05, 0.1) is 12.5 Å². The first-order valence-corrected chi connectivity index (χ1v) is 6.70. The smallest absolute Gasteiger partial charge is 0.307 e. The zero-order chi connectivity index (χ0) is 13.8. The SMILES string of the molecule is O=C(CN1CCC(C(=O)O)C1)Nc1ccc(Br)cn1. The number of amides is 1. The fourth-order valence-electron chi connectivity index (χ4n) is 2.01. The van der Waals surface area contributed by atoms with E-state index < -0.39 is 5.97 Å². The van der Waals surface area contributed by atoms with Crippen LogP contribution >= 0.6 is 15.9 Å². The molecule has 2 N–H and O–H groups in total. The van der Waals surface area contributed by atoms with Gasteiger partial charge in [0, 0.05) is 17.2 Å². The van der Waals surface area contributed by atoms with Crippen molar-refractivity contribution < 1.29 is 14.7 Å². The van der Waals surface area contributed by atoms with Crippen LogP contribution in [0.4, 0.5) is 5.82 Å². The number of carbonyl (C=O) groups is 2. The lowest BCUT2D eigenvalue weighted by molar-refractivity contribution is -0.141. The molecule has 2 heterocycles. The molecule has 0 aliphatic carbocycles. The lowest BCUT2D eigenvalue weighted by Crippen LogP contribution is -2.32. The first-order chi connectivity index (χ1) is 9.04.